The first-order chi connectivity index (χ1) is 8.20. The van der Waals surface area contributed by atoms with Gasteiger partial charge in [-0.05, 0) is 25.1 Å². The zero-order valence-electron chi connectivity index (χ0n) is 9.65. The Morgan fingerprint density at radius 2 is 2.24 bits per heavy atom. The molecule has 1 aromatic heterocycles. The van der Waals surface area contributed by atoms with Crippen LogP contribution in [0, 0.1) is 0 Å². The molecule has 0 saturated carbocycles. The maximum atomic E-state index is 5.94. The van der Waals surface area contributed by atoms with Crippen molar-refractivity contribution in [2.24, 2.45) is 0 Å². The summed E-state index contributed by atoms with van der Waals surface area (Å²) in [6, 6.07) is 7.52. The molecular formula is C12H15ClN4. The van der Waals surface area contributed by atoms with Gasteiger partial charge in [-0.2, -0.15) is 5.10 Å². The lowest BCUT2D eigenvalue weighted by Crippen LogP contribution is -2.04. The number of nitrogen functional groups attached to an aromatic ring is 1. The summed E-state index contributed by atoms with van der Waals surface area (Å²) in [7, 11) is 0. The summed E-state index contributed by atoms with van der Waals surface area (Å²) in [4.78, 5) is 0. The highest BCUT2D eigenvalue weighted by Gasteiger charge is 2.03. The van der Waals surface area contributed by atoms with Crippen molar-refractivity contribution in [3.63, 3.8) is 0 Å². The molecular weight excluding hydrogens is 236 g/mol. The minimum absolute atomic E-state index is 0.564. The van der Waals surface area contributed by atoms with Crippen molar-refractivity contribution in [2.45, 2.75) is 20.0 Å². The predicted molar refractivity (Wildman–Crippen MR) is 71.1 cm³/mol. The Bertz CT molecular complexity index is 507. The molecule has 2 aromatic rings. The van der Waals surface area contributed by atoms with Crippen LogP contribution in [0.25, 0.3) is 0 Å². The summed E-state index contributed by atoms with van der Waals surface area (Å²) in [5.41, 5.74) is 8.25. The van der Waals surface area contributed by atoms with Gasteiger partial charge in [0.1, 0.15) is 0 Å². The van der Waals surface area contributed by atoms with E-state index in [9.17, 15) is 0 Å². The molecule has 1 heterocycles. The molecule has 0 atom stereocenters. The first-order valence-electron chi connectivity index (χ1n) is 5.51. The van der Waals surface area contributed by atoms with Crippen LogP contribution in [0.3, 0.4) is 0 Å². The molecule has 2 rings (SSSR count). The lowest BCUT2D eigenvalue weighted by atomic mass is 10.2. The van der Waals surface area contributed by atoms with Gasteiger partial charge in [0.2, 0.25) is 0 Å². The largest absolute Gasteiger partial charge is 0.396 e. The number of nitrogens with two attached hydrogens (primary N) is 1. The average molecular weight is 251 g/mol. The van der Waals surface area contributed by atoms with Crippen molar-refractivity contribution >= 4 is 23.0 Å². The van der Waals surface area contributed by atoms with Gasteiger partial charge in [0, 0.05) is 12.7 Å². The number of halogens is 1. The van der Waals surface area contributed by atoms with E-state index in [2.05, 4.69) is 17.3 Å². The SMILES string of the molecule is CCn1ccc(CNc2cccc(Cl)c2N)n1. The van der Waals surface area contributed by atoms with Crippen LogP contribution in [0.1, 0.15) is 12.6 Å². The average Bonchev–Trinajstić information content (AvgIpc) is 2.79. The van der Waals surface area contributed by atoms with Crippen molar-refractivity contribution in [1.29, 1.82) is 0 Å². The van der Waals surface area contributed by atoms with Crippen molar-refractivity contribution in [2.75, 3.05) is 11.1 Å². The Balaban J connectivity index is 2.04. The van der Waals surface area contributed by atoms with Crippen LogP contribution in [0.15, 0.2) is 30.5 Å². The Kier molecular flexibility index (Phi) is 3.54. The minimum atomic E-state index is 0.564. The van der Waals surface area contributed by atoms with E-state index in [1.807, 2.05) is 29.1 Å². The standard InChI is InChI=1S/C12H15ClN4/c1-2-17-7-6-9(16-17)8-15-11-5-3-4-10(13)12(11)14/h3-7,15H,2,8,14H2,1H3. The summed E-state index contributed by atoms with van der Waals surface area (Å²) in [5.74, 6) is 0. The van der Waals surface area contributed by atoms with Crippen LogP contribution in [-0.2, 0) is 13.1 Å². The van der Waals surface area contributed by atoms with E-state index in [1.54, 1.807) is 6.07 Å². The van der Waals surface area contributed by atoms with E-state index >= 15 is 0 Å². The third kappa shape index (κ3) is 2.71. The van der Waals surface area contributed by atoms with Gasteiger partial charge in [0.05, 0.1) is 28.6 Å². The highest BCUT2D eigenvalue weighted by atomic mass is 35.5. The lowest BCUT2D eigenvalue weighted by Gasteiger charge is -2.08. The molecule has 3 N–H and O–H groups in total. The summed E-state index contributed by atoms with van der Waals surface area (Å²) in [6.07, 6.45) is 1.96. The highest BCUT2D eigenvalue weighted by Crippen LogP contribution is 2.26. The summed E-state index contributed by atoms with van der Waals surface area (Å²) < 4.78 is 1.89. The van der Waals surface area contributed by atoms with Crippen molar-refractivity contribution in [1.82, 2.24) is 9.78 Å². The van der Waals surface area contributed by atoms with E-state index in [0.29, 0.717) is 17.3 Å². The Hall–Kier alpha value is -1.68. The van der Waals surface area contributed by atoms with E-state index in [0.717, 1.165) is 17.9 Å². The molecule has 5 heteroatoms. The Morgan fingerprint density at radius 1 is 1.41 bits per heavy atom. The van der Waals surface area contributed by atoms with Gasteiger partial charge in [-0.3, -0.25) is 4.68 Å². The molecule has 1 aromatic carbocycles. The topological polar surface area (TPSA) is 55.9 Å². The molecule has 0 amide bonds. The van der Waals surface area contributed by atoms with E-state index in [-0.39, 0.29) is 0 Å². The molecule has 17 heavy (non-hydrogen) atoms. The molecule has 0 aliphatic rings. The molecule has 0 bridgehead atoms. The van der Waals surface area contributed by atoms with Crippen LogP contribution in [0.5, 0.6) is 0 Å². The van der Waals surface area contributed by atoms with Gasteiger partial charge in [-0.25, -0.2) is 0 Å². The zero-order chi connectivity index (χ0) is 12.3. The first-order valence-corrected chi connectivity index (χ1v) is 5.88. The van der Waals surface area contributed by atoms with Crippen LogP contribution in [0.4, 0.5) is 11.4 Å². The fourth-order valence-corrected chi connectivity index (χ4v) is 1.73. The number of aromatic nitrogens is 2. The van der Waals surface area contributed by atoms with Crippen LogP contribution in [-0.4, -0.2) is 9.78 Å². The van der Waals surface area contributed by atoms with Crippen LogP contribution < -0.4 is 11.1 Å². The maximum Gasteiger partial charge on any atom is 0.0815 e. The number of nitrogens with one attached hydrogen (secondary N) is 1. The van der Waals surface area contributed by atoms with Gasteiger partial charge in [0.15, 0.2) is 0 Å². The predicted octanol–water partition coefficient (Wildman–Crippen LogP) is 2.75. The quantitative estimate of drug-likeness (QED) is 0.821. The van der Waals surface area contributed by atoms with E-state index in [1.165, 1.54) is 0 Å². The lowest BCUT2D eigenvalue weighted by molar-refractivity contribution is 0.649. The third-order valence-electron chi connectivity index (χ3n) is 2.53. The fraction of sp³-hybridized carbons (Fsp3) is 0.250. The summed E-state index contributed by atoms with van der Waals surface area (Å²) in [6.45, 7) is 3.57. The molecule has 0 spiro atoms. The fourth-order valence-electron chi connectivity index (χ4n) is 1.55. The van der Waals surface area contributed by atoms with Gasteiger partial charge in [0.25, 0.3) is 0 Å². The van der Waals surface area contributed by atoms with E-state index in [4.69, 9.17) is 17.3 Å². The second-order valence-corrected chi connectivity index (χ2v) is 4.12. The normalized spacial score (nSPS) is 10.5. The number of para-hydroxylation sites is 1. The van der Waals surface area contributed by atoms with Crippen LogP contribution in [0.2, 0.25) is 5.02 Å². The molecule has 0 saturated heterocycles. The second kappa shape index (κ2) is 5.10. The first kappa shape index (κ1) is 11.8. The Labute approximate surface area is 105 Å². The van der Waals surface area contributed by atoms with Gasteiger partial charge >= 0.3 is 0 Å². The number of hydrogen-bond donors (Lipinski definition) is 2. The molecule has 0 unspecified atom stereocenters. The molecule has 0 aliphatic carbocycles. The minimum Gasteiger partial charge on any atom is -0.396 e. The number of benzene rings is 1. The van der Waals surface area contributed by atoms with Gasteiger partial charge in [-0.1, -0.05) is 17.7 Å². The molecule has 90 valence electrons. The van der Waals surface area contributed by atoms with Crippen LogP contribution >= 0.6 is 11.6 Å². The van der Waals surface area contributed by atoms with Gasteiger partial charge in [-0.15, -0.1) is 0 Å². The molecule has 4 nitrogen and oxygen atoms in total. The van der Waals surface area contributed by atoms with Crippen molar-refractivity contribution < 1.29 is 0 Å². The highest BCUT2D eigenvalue weighted by molar-refractivity contribution is 6.33. The molecule has 0 radical (unpaired) electrons. The van der Waals surface area contributed by atoms with Gasteiger partial charge < -0.3 is 11.1 Å². The van der Waals surface area contributed by atoms with Crippen molar-refractivity contribution in [3.05, 3.63) is 41.2 Å². The number of anilines is 2. The monoisotopic (exact) mass is 250 g/mol. The smallest absolute Gasteiger partial charge is 0.0815 e. The van der Waals surface area contributed by atoms with Crippen molar-refractivity contribution in [3.8, 4) is 0 Å². The van der Waals surface area contributed by atoms with E-state index < -0.39 is 0 Å². The summed E-state index contributed by atoms with van der Waals surface area (Å²) in [5, 5.41) is 8.16. The maximum absolute atomic E-state index is 5.94. The molecule has 0 fully saturated rings. The molecule has 0 aliphatic heterocycles. The summed E-state index contributed by atoms with van der Waals surface area (Å²) >= 11 is 5.94. The number of nitrogens with zero attached hydrogens (tertiary/aromatic N) is 2. The Morgan fingerprint density at radius 3 is 2.94 bits per heavy atom. The second-order valence-electron chi connectivity index (χ2n) is 3.72. The zero-order valence-corrected chi connectivity index (χ0v) is 10.4. The number of hydrogen-bond acceptors (Lipinski definition) is 3. The third-order valence-corrected chi connectivity index (χ3v) is 2.86. The number of aryl methyl sites for hydroxylation is 1. The number of rotatable bonds is 4.